The van der Waals surface area contributed by atoms with E-state index < -0.39 is 18.1 Å². The Kier molecular flexibility index (Phi) is 3.13. The second kappa shape index (κ2) is 5.19. The molecular weight excluding hydrogens is 313 g/mol. The number of carbonyl (C=O) groups is 2. The van der Waals surface area contributed by atoms with Crippen LogP contribution >= 0.6 is 0 Å². The van der Waals surface area contributed by atoms with Crippen molar-refractivity contribution in [2.45, 2.75) is 13.2 Å². The van der Waals surface area contributed by atoms with E-state index in [0.717, 1.165) is 0 Å². The maximum Gasteiger partial charge on any atom is 0.305 e. The van der Waals surface area contributed by atoms with Gasteiger partial charge in [-0.05, 0) is 18.2 Å². The van der Waals surface area contributed by atoms with Gasteiger partial charge in [-0.25, -0.2) is 4.39 Å². The Morgan fingerprint density at radius 3 is 2.79 bits per heavy atom. The molecule has 1 atom stereocenters. The minimum absolute atomic E-state index is 0.298. The molecular formula is C18H12FNO4. The van der Waals surface area contributed by atoms with E-state index in [1.807, 2.05) is 0 Å². The van der Waals surface area contributed by atoms with Crippen LogP contribution in [0.3, 0.4) is 0 Å². The van der Waals surface area contributed by atoms with Gasteiger partial charge in [0.25, 0.3) is 12.2 Å². The monoisotopic (exact) mass is 325 g/mol. The van der Waals surface area contributed by atoms with Gasteiger partial charge >= 0.3 is 5.97 Å². The molecule has 5 nitrogen and oxygen atoms in total. The van der Waals surface area contributed by atoms with Gasteiger partial charge in [0, 0.05) is 23.6 Å². The molecule has 120 valence electrons. The molecule has 0 aliphatic carbocycles. The second-order valence-corrected chi connectivity index (χ2v) is 5.49. The van der Waals surface area contributed by atoms with E-state index in [0.29, 0.717) is 33.7 Å². The lowest BCUT2D eigenvalue weighted by atomic mass is 10.0. The molecule has 2 aliphatic heterocycles. The molecule has 0 fully saturated rings. The number of rotatable bonds is 1. The van der Waals surface area contributed by atoms with Crippen LogP contribution < -0.4 is 5.32 Å². The summed E-state index contributed by atoms with van der Waals surface area (Å²) in [7, 11) is 0. The molecule has 1 N–H and O–H groups in total. The van der Waals surface area contributed by atoms with E-state index in [9.17, 15) is 14.0 Å². The van der Waals surface area contributed by atoms with Crippen LogP contribution in [0, 0.1) is 5.82 Å². The van der Waals surface area contributed by atoms with E-state index in [-0.39, 0.29) is 5.91 Å². The Hall–Kier alpha value is -3.15. The third-order valence-electron chi connectivity index (χ3n) is 3.91. The Balaban J connectivity index is 1.90. The fourth-order valence-corrected chi connectivity index (χ4v) is 2.95. The molecule has 0 spiro atoms. The number of benzene rings is 2. The number of carbonyl (C=O) groups excluding carboxylic acids is 2. The van der Waals surface area contributed by atoms with Gasteiger partial charge in [0.15, 0.2) is 0 Å². The molecule has 2 aromatic rings. The van der Waals surface area contributed by atoms with Crippen LogP contribution in [-0.2, 0) is 19.1 Å². The third kappa shape index (κ3) is 2.15. The van der Waals surface area contributed by atoms with Crippen LogP contribution in [-0.4, -0.2) is 11.9 Å². The zero-order valence-electron chi connectivity index (χ0n) is 12.6. The third-order valence-corrected chi connectivity index (χ3v) is 3.91. The Bertz CT molecular complexity index is 919. The summed E-state index contributed by atoms with van der Waals surface area (Å²) in [6, 6.07) is 11.2. The van der Waals surface area contributed by atoms with Crippen LogP contribution in [0.5, 0.6) is 0 Å². The van der Waals surface area contributed by atoms with Gasteiger partial charge in [-0.2, -0.15) is 0 Å². The largest absolute Gasteiger partial charge is 0.449 e. The number of halogens is 1. The van der Waals surface area contributed by atoms with E-state index >= 15 is 0 Å². The first kappa shape index (κ1) is 14.4. The summed E-state index contributed by atoms with van der Waals surface area (Å²) in [5.41, 5.74) is 2.57. The SMILES string of the molecule is CC(=O)OC1OC(=C2C(=O)Nc3cc(F)ccc32)c2ccccc21. The molecule has 0 aromatic heterocycles. The molecule has 0 radical (unpaired) electrons. The van der Waals surface area contributed by atoms with Crippen molar-refractivity contribution >= 4 is 28.9 Å². The van der Waals surface area contributed by atoms with Gasteiger partial charge < -0.3 is 14.8 Å². The van der Waals surface area contributed by atoms with Crippen LogP contribution in [0.2, 0.25) is 0 Å². The van der Waals surface area contributed by atoms with Gasteiger partial charge in [-0.15, -0.1) is 0 Å². The van der Waals surface area contributed by atoms with Crippen molar-refractivity contribution < 1.29 is 23.5 Å². The predicted molar refractivity (Wildman–Crippen MR) is 83.9 cm³/mol. The topological polar surface area (TPSA) is 64.6 Å². The van der Waals surface area contributed by atoms with Crippen molar-refractivity contribution in [2.75, 3.05) is 5.32 Å². The van der Waals surface area contributed by atoms with Crippen molar-refractivity contribution in [1.29, 1.82) is 0 Å². The number of anilines is 1. The Morgan fingerprint density at radius 2 is 2.00 bits per heavy atom. The van der Waals surface area contributed by atoms with Gasteiger partial charge in [-0.3, -0.25) is 9.59 Å². The van der Waals surface area contributed by atoms with Crippen LogP contribution in [0.15, 0.2) is 42.5 Å². The lowest BCUT2D eigenvalue weighted by Gasteiger charge is -2.12. The van der Waals surface area contributed by atoms with Crippen molar-refractivity contribution in [3.8, 4) is 0 Å². The molecule has 4 rings (SSSR count). The lowest BCUT2D eigenvalue weighted by molar-refractivity contribution is -0.163. The summed E-state index contributed by atoms with van der Waals surface area (Å²) in [5.74, 6) is -0.992. The van der Waals surface area contributed by atoms with Crippen molar-refractivity contribution in [2.24, 2.45) is 0 Å². The minimum Gasteiger partial charge on any atom is -0.449 e. The van der Waals surface area contributed by atoms with Crippen LogP contribution in [0.25, 0.3) is 11.3 Å². The molecule has 2 aliphatic rings. The standard InChI is InChI=1S/C18H12FNO4/c1-9(21)23-18-12-5-3-2-4-11(12)16(24-18)15-13-7-6-10(19)8-14(13)20-17(15)22/h2-8,18H,1H3,(H,20,22). The summed E-state index contributed by atoms with van der Waals surface area (Å²) < 4.78 is 24.3. The summed E-state index contributed by atoms with van der Waals surface area (Å²) in [5, 5.41) is 2.63. The van der Waals surface area contributed by atoms with Gasteiger partial charge in [0.1, 0.15) is 11.6 Å². The minimum atomic E-state index is -0.904. The van der Waals surface area contributed by atoms with Crippen molar-refractivity contribution in [3.05, 3.63) is 65.0 Å². The average Bonchev–Trinajstić information content (AvgIpc) is 3.04. The number of amides is 1. The average molecular weight is 325 g/mol. The first-order chi connectivity index (χ1) is 11.5. The van der Waals surface area contributed by atoms with Crippen LogP contribution in [0.1, 0.15) is 29.9 Å². The second-order valence-electron chi connectivity index (χ2n) is 5.49. The van der Waals surface area contributed by atoms with Crippen molar-refractivity contribution in [3.63, 3.8) is 0 Å². The molecule has 0 saturated heterocycles. The molecule has 2 aromatic carbocycles. The molecule has 1 amide bonds. The van der Waals surface area contributed by atoms with Gasteiger partial charge in [-0.1, -0.05) is 24.3 Å². The number of ether oxygens (including phenoxy) is 2. The highest BCUT2D eigenvalue weighted by Gasteiger charge is 2.37. The summed E-state index contributed by atoms with van der Waals surface area (Å²) in [6.07, 6.45) is -0.904. The maximum absolute atomic E-state index is 13.4. The maximum atomic E-state index is 13.4. The number of hydrogen-bond acceptors (Lipinski definition) is 4. The molecule has 0 saturated carbocycles. The van der Waals surface area contributed by atoms with Gasteiger partial charge in [0.05, 0.1) is 11.3 Å². The van der Waals surface area contributed by atoms with E-state index in [2.05, 4.69) is 5.32 Å². The van der Waals surface area contributed by atoms with Crippen LogP contribution in [0.4, 0.5) is 10.1 Å². The summed E-state index contributed by atoms with van der Waals surface area (Å²) in [6.45, 7) is 1.29. The zero-order valence-corrected chi connectivity index (χ0v) is 12.6. The van der Waals surface area contributed by atoms with E-state index in [4.69, 9.17) is 9.47 Å². The smallest absolute Gasteiger partial charge is 0.305 e. The Labute approximate surface area is 136 Å². The fourth-order valence-electron chi connectivity index (χ4n) is 2.95. The first-order valence-electron chi connectivity index (χ1n) is 7.33. The Morgan fingerprint density at radius 1 is 1.21 bits per heavy atom. The zero-order chi connectivity index (χ0) is 16.8. The first-order valence-corrected chi connectivity index (χ1v) is 7.33. The van der Waals surface area contributed by atoms with E-state index in [1.165, 1.54) is 25.1 Å². The highest BCUT2D eigenvalue weighted by Crippen LogP contribution is 2.45. The van der Waals surface area contributed by atoms with Gasteiger partial charge in [0.2, 0.25) is 0 Å². The molecule has 2 heterocycles. The number of esters is 1. The number of fused-ring (bicyclic) bond motifs is 2. The normalized spacial score (nSPS) is 20.9. The fraction of sp³-hybridized carbons (Fsp3) is 0.111. The molecule has 24 heavy (non-hydrogen) atoms. The lowest BCUT2D eigenvalue weighted by Crippen LogP contribution is -2.08. The highest BCUT2D eigenvalue weighted by atomic mass is 19.1. The molecule has 1 unspecified atom stereocenters. The van der Waals surface area contributed by atoms with E-state index in [1.54, 1.807) is 24.3 Å². The molecule has 0 bridgehead atoms. The summed E-state index contributed by atoms with van der Waals surface area (Å²) >= 11 is 0. The highest BCUT2D eigenvalue weighted by molar-refractivity contribution is 6.36. The molecule has 6 heteroatoms. The summed E-state index contributed by atoms with van der Waals surface area (Å²) in [4.78, 5) is 23.7. The number of nitrogens with one attached hydrogen (secondary N) is 1. The number of hydrogen-bond donors (Lipinski definition) is 1. The quantitative estimate of drug-likeness (QED) is 0.646. The van der Waals surface area contributed by atoms with Crippen molar-refractivity contribution in [1.82, 2.24) is 0 Å². The predicted octanol–water partition coefficient (Wildman–Crippen LogP) is 3.24.